The van der Waals surface area contributed by atoms with Gasteiger partial charge in [0.15, 0.2) is 0 Å². The number of hydrogen-bond acceptors (Lipinski definition) is 6. The van der Waals surface area contributed by atoms with Crippen molar-refractivity contribution in [1.82, 2.24) is 0 Å². The fourth-order valence-corrected chi connectivity index (χ4v) is 0. The number of carboxylic acids is 1. The summed E-state index contributed by atoms with van der Waals surface area (Å²) in [5.41, 5.74) is 4.57. The van der Waals surface area contributed by atoms with Gasteiger partial charge in [0.2, 0.25) is 0 Å². The molecule has 0 spiro atoms. The molecule has 0 bridgehead atoms. The summed E-state index contributed by atoms with van der Waals surface area (Å²) in [6.07, 6.45) is 0. The first kappa shape index (κ1) is 17.2. The average Bonchev–Trinajstić information content (AvgIpc) is 1.61. The van der Waals surface area contributed by atoms with Gasteiger partial charge in [-0.1, -0.05) is 0 Å². The van der Waals surface area contributed by atoms with Crippen LogP contribution in [-0.2, 0) is 36.3 Å². The van der Waals surface area contributed by atoms with E-state index in [4.69, 9.17) is 22.6 Å². The van der Waals surface area contributed by atoms with Crippen LogP contribution in [-0.4, -0.2) is 35.1 Å². The second kappa shape index (κ2) is 8.09. The van der Waals surface area contributed by atoms with Gasteiger partial charge in [-0.3, -0.25) is 13.2 Å². The van der Waals surface area contributed by atoms with Gasteiger partial charge in [0.25, 0.3) is 0 Å². The molecule has 3 N–H and O–H groups in total. The Morgan fingerprint density at radius 2 is 1.55 bits per heavy atom. The fourth-order valence-electron chi connectivity index (χ4n) is 0. The first-order valence-electron chi connectivity index (χ1n) is 1.86. The molecule has 0 radical (unpaired) electrons. The van der Waals surface area contributed by atoms with Crippen molar-refractivity contribution in [3.63, 3.8) is 0 Å². The summed E-state index contributed by atoms with van der Waals surface area (Å²) in [6, 6.07) is 0. The van der Waals surface area contributed by atoms with Crippen molar-refractivity contribution < 1.29 is 48.5 Å². The van der Waals surface area contributed by atoms with Crippen molar-refractivity contribution in [3.8, 4) is 0 Å². The maximum absolute atomic E-state index is 9.24. The second-order valence-electron chi connectivity index (χ2n) is 1.01. The second-order valence-corrected chi connectivity index (χ2v) is 1.82. The number of hydrogen-bond donors (Lipinski definition) is 2. The average molecular weight is 267 g/mol. The quantitative estimate of drug-likeness (QED) is 0.308. The normalized spacial score (nSPS) is 8.64. The van der Waals surface area contributed by atoms with E-state index < -0.39 is 16.4 Å². The van der Waals surface area contributed by atoms with Crippen molar-refractivity contribution in [1.29, 1.82) is 0 Å². The Kier molecular flexibility index (Phi) is 12.6. The Morgan fingerprint density at radius 3 is 1.55 bits per heavy atom. The van der Waals surface area contributed by atoms with Crippen LogP contribution in [0.5, 0.6) is 0 Å². The minimum atomic E-state index is -5.17. The molecule has 0 saturated carbocycles. The van der Waals surface area contributed by atoms with Crippen LogP contribution in [0.25, 0.3) is 0 Å². The minimum Gasteiger partial charge on any atom is -0.759 e. The molecule has 7 nitrogen and oxygen atoms in total. The molecular weight excluding hydrogens is 262 g/mol. The van der Waals surface area contributed by atoms with Crippen LogP contribution >= 0.6 is 0 Å². The van der Waals surface area contributed by atoms with Gasteiger partial charge in [-0.25, -0.2) is 0 Å². The molecule has 0 heterocycles. The maximum Gasteiger partial charge on any atom is 0.317 e. The Morgan fingerprint density at radius 1 is 1.45 bits per heavy atom. The number of carboxylic acid groups (broad SMARTS) is 1. The van der Waals surface area contributed by atoms with Gasteiger partial charge >= 0.3 is 5.97 Å². The summed E-state index contributed by atoms with van der Waals surface area (Å²) in [5, 5.41) is 7.60. The summed E-state index contributed by atoms with van der Waals surface area (Å²) in [5.74, 6) is -0.968. The van der Waals surface area contributed by atoms with Crippen LogP contribution in [0.4, 0.5) is 0 Å². The third-order valence-corrected chi connectivity index (χ3v) is 0.175. The SMILES string of the molecule is NCC(=O)O.O=S(=O)([O-])[O-].[Mo]. The zero-order chi connectivity index (χ0) is 8.78. The van der Waals surface area contributed by atoms with Gasteiger partial charge in [-0.05, 0) is 0 Å². The predicted octanol–water partition coefficient (Wildman–Crippen LogP) is -2.31. The Labute approximate surface area is 77.4 Å². The van der Waals surface area contributed by atoms with Gasteiger partial charge in [0, 0.05) is 31.5 Å². The van der Waals surface area contributed by atoms with Gasteiger partial charge < -0.3 is 19.9 Å². The van der Waals surface area contributed by atoms with Gasteiger partial charge in [0.05, 0.1) is 6.54 Å². The molecule has 0 fully saturated rings. The molecule has 0 rings (SSSR count). The van der Waals surface area contributed by atoms with E-state index in [0.717, 1.165) is 0 Å². The standard InChI is InChI=1S/C2H5NO2.Mo.H2O4S/c3-1-2(4)5;;1-5(2,3)4/h1,3H2,(H,4,5);;(H2,1,2,3,4)/p-2. The molecule has 0 aliphatic rings. The minimum absolute atomic E-state index is 0. The summed E-state index contributed by atoms with van der Waals surface area (Å²) >= 11 is 0. The van der Waals surface area contributed by atoms with Gasteiger partial charge in [0.1, 0.15) is 0 Å². The van der Waals surface area contributed by atoms with Crippen molar-refractivity contribution in [3.05, 3.63) is 0 Å². The van der Waals surface area contributed by atoms with Crippen molar-refractivity contribution >= 4 is 16.4 Å². The fraction of sp³-hybridized carbons (Fsp3) is 0.500. The van der Waals surface area contributed by atoms with Crippen molar-refractivity contribution in [2.24, 2.45) is 5.73 Å². The number of aliphatic carboxylic acids is 1. The van der Waals surface area contributed by atoms with Crippen LogP contribution < -0.4 is 5.73 Å². The maximum atomic E-state index is 9.24. The van der Waals surface area contributed by atoms with E-state index in [9.17, 15) is 4.79 Å². The molecule has 0 aromatic carbocycles. The molecule has 0 unspecified atom stereocenters. The smallest absolute Gasteiger partial charge is 0.317 e. The number of nitrogens with two attached hydrogens (primary N) is 1. The van der Waals surface area contributed by atoms with E-state index >= 15 is 0 Å². The topological polar surface area (TPSA) is 144 Å². The van der Waals surface area contributed by atoms with Crippen molar-refractivity contribution in [2.75, 3.05) is 6.54 Å². The summed E-state index contributed by atoms with van der Waals surface area (Å²) in [7, 11) is -5.17. The molecule has 0 amide bonds. The van der Waals surface area contributed by atoms with E-state index in [1.165, 1.54) is 0 Å². The summed E-state index contributed by atoms with van der Waals surface area (Å²) < 4.78 is 34.1. The van der Waals surface area contributed by atoms with Crippen LogP contribution in [0.2, 0.25) is 0 Å². The summed E-state index contributed by atoms with van der Waals surface area (Å²) in [4.78, 5) is 9.24. The molecule has 0 aliphatic heterocycles. The van der Waals surface area contributed by atoms with Crippen LogP contribution in [0.3, 0.4) is 0 Å². The van der Waals surface area contributed by atoms with E-state index in [1.54, 1.807) is 0 Å². The van der Waals surface area contributed by atoms with Crippen LogP contribution in [0.1, 0.15) is 0 Å². The first-order chi connectivity index (χ1) is 4.27. The third-order valence-electron chi connectivity index (χ3n) is 0.175. The molecule has 68 valence electrons. The number of carbonyl (C=O) groups is 1. The predicted molar refractivity (Wildman–Crippen MR) is 27.2 cm³/mol. The molecule has 0 aromatic rings. The Hall–Kier alpha value is -0.0117. The van der Waals surface area contributed by atoms with E-state index in [0.29, 0.717) is 0 Å². The summed E-state index contributed by atoms with van der Waals surface area (Å²) in [6.45, 7) is -0.278. The van der Waals surface area contributed by atoms with Crippen molar-refractivity contribution in [2.45, 2.75) is 0 Å². The number of rotatable bonds is 1. The van der Waals surface area contributed by atoms with E-state index in [-0.39, 0.29) is 27.6 Å². The van der Waals surface area contributed by atoms with Crippen LogP contribution in [0.15, 0.2) is 0 Å². The zero-order valence-corrected chi connectivity index (χ0v) is 7.91. The molecule has 0 aliphatic carbocycles. The molecule has 0 aromatic heterocycles. The van der Waals surface area contributed by atoms with Gasteiger partial charge in [-0.15, -0.1) is 0 Å². The molecular formula is C2H5MoNO6S-2. The molecule has 0 atom stereocenters. The largest absolute Gasteiger partial charge is 0.759 e. The Balaban J connectivity index is -0.000000107. The Bertz CT molecular complexity index is 179. The molecule has 9 heteroatoms. The third kappa shape index (κ3) is 161. The van der Waals surface area contributed by atoms with Crippen LogP contribution in [0, 0.1) is 0 Å². The molecule has 0 saturated heterocycles. The van der Waals surface area contributed by atoms with E-state index in [1.807, 2.05) is 0 Å². The van der Waals surface area contributed by atoms with Gasteiger partial charge in [-0.2, -0.15) is 0 Å². The van der Waals surface area contributed by atoms with E-state index in [2.05, 4.69) is 5.73 Å². The zero-order valence-electron chi connectivity index (χ0n) is 5.09. The first-order valence-corrected chi connectivity index (χ1v) is 3.19. The molecule has 11 heavy (non-hydrogen) atoms. The monoisotopic (exact) mass is 269 g/mol.